The van der Waals surface area contributed by atoms with E-state index in [1.807, 2.05) is 48.7 Å². The Bertz CT molecular complexity index is 2140. The van der Waals surface area contributed by atoms with Crippen LogP contribution in [0.4, 0.5) is 8.78 Å². The van der Waals surface area contributed by atoms with Gasteiger partial charge in [-0.05, 0) is 60.4 Å². The summed E-state index contributed by atoms with van der Waals surface area (Å²) in [5.41, 5.74) is 14.8. The van der Waals surface area contributed by atoms with Gasteiger partial charge in [-0.3, -0.25) is 9.80 Å². The molecule has 1 aliphatic carbocycles. The van der Waals surface area contributed by atoms with Gasteiger partial charge in [-0.1, -0.05) is 72.8 Å². The van der Waals surface area contributed by atoms with Crippen LogP contribution in [-0.2, 0) is 0 Å². The highest BCUT2D eigenvalue weighted by Crippen LogP contribution is 2.46. The number of pyridine rings is 1. The Morgan fingerprint density at radius 3 is 2.06 bits per heavy atom. The Morgan fingerprint density at radius 1 is 0.731 bits per heavy atom. The molecule has 1 saturated heterocycles. The number of benzene rings is 4. The number of fused-ring (bicyclic) bond motifs is 2. The highest BCUT2D eigenvalue weighted by Gasteiger charge is 2.48. The topological polar surface area (TPSA) is 64.2 Å². The molecule has 3 aliphatic heterocycles. The largest absolute Gasteiger partial charge is 0.382 e. The number of hydrogen-bond acceptors (Lipinski definition) is 7. The van der Waals surface area contributed by atoms with Crippen LogP contribution in [0.15, 0.2) is 132 Å². The summed E-state index contributed by atoms with van der Waals surface area (Å²) in [6.07, 6.45) is 6.20. The third-order valence-electron chi connectivity index (χ3n) is 11.4. The first-order chi connectivity index (χ1) is 25.4. The molecule has 7 nitrogen and oxygen atoms in total. The van der Waals surface area contributed by atoms with Crippen LogP contribution in [0, 0.1) is 17.6 Å². The molecule has 0 bridgehead atoms. The lowest BCUT2D eigenvalue weighted by atomic mass is 9.76. The molecule has 9 rings (SSSR count). The van der Waals surface area contributed by atoms with Gasteiger partial charge in [0.25, 0.3) is 0 Å². The van der Waals surface area contributed by atoms with Crippen molar-refractivity contribution in [2.24, 2.45) is 16.6 Å². The number of aliphatic imine (C=N–C) groups is 1. The second-order valence-corrected chi connectivity index (χ2v) is 14.4. The van der Waals surface area contributed by atoms with Crippen LogP contribution in [-0.4, -0.2) is 75.9 Å². The monoisotopic (exact) mass is 693 g/mol. The molecule has 52 heavy (non-hydrogen) atoms. The van der Waals surface area contributed by atoms with Crippen LogP contribution < -0.4 is 5.73 Å². The maximum absolute atomic E-state index is 13.8. The van der Waals surface area contributed by atoms with Crippen LogP contribution in [0.25, 0.3) is 27.9 Å². The fraction of sp³-hybridized carbons (Fsp3) is 0.256. The summed E-state index contributed by atoms with van der Waals surface area (Å²) in [7, 11) is 2.18. The van der Waals surface area contributed by atoms with Crippen LogP contribution in [0.5, 0.6) is 0 Å². The number of nitrogens with zero attached hydrogens (tertiary/aromatic N) is 6. The highest BCUT2D eigenvalue weighted by molar-refractivity contribution is 6.05. The van der Waals surface area contributed by atoms with E-state index in [1.54, 1.807) is 0 Å². The number of aromatic nitrogens is 1. The number of piperazine rings is 1. The zero-order valence-electron chi connectivity index (χ0n) is 29.1. The molecule has 262 valence electrons. The fourth-order valence-electron chi connectivity index (χ4n) is 8.76. The van der Waals surface area contributed by atoms with Gasteiger partial charge in [0.2, 0.25) is 0 Å². The SMILES string of the molecule is CN1C(c2ccc3ccc(-c4ccccc4)nc3c2)=C2C(N)=NC=CN2C1[C@H]1C[C@@H](N2CCN(C(c3ccc(F)cc3)c3ccc(F)cc3)CC2)C1. The first kappa shape index (κ1) is 32.5. The molecule has 4 aromatic carbocycles. The Hall–Kier alpha value is -5.38. The van der Waals surface area contributed by atoms with Crippen molar-refractivity contribution in [2.45, 2.75) is 31.1 Å². The predicted molar refractivity (Wildman–Crippen MR) is 203 cm³/mol. The van der Waals surface area contributed by atoms with E-state index >= 15 is 0 Å². The quantitative estimate of drug-likeness (QED) is 0.191. The van der Waals surface area contributed by atoms with Crippen molar-refractivity contribution >= 4 is 22.4 Å². The van der Waals surface area contributed by atoms with E-state index in [4.69, 9.17) is 10.7 Å². The summed E-state index contributed by atoms with van der Waals surface area (Å²) in [6.45, 7) is 3.65. The summed E-state index contributed by atoms with van der Waals surface area (Å²) in [5.74, 6) is 0.470. The van der Waals surface area contributed by atoms with E-state index in [9.17, 15) is 8.78 Å². The van der Waals surface area contributed by atoms with Crippen molar-refractivity contribution in [1.29, 1.82) is 0 Å². The summed E-state index contributed by atoms with van der Waals surface area (Å²) in [4.78, 5) is 19.4. The molecule has 1 aromatic heterocycles. The summed E-state index contributed by atoms with van der Waals surface area (Å²) >= 11 is 0. The Labute approximate surface area is 303 Å². The van der Waals surface area contributed by atoms with Gasteiger partial charge in [-0.25, -0.2) is 18.8 Å². The molecule has 0 radical (unpaired) electrons. The van der Waals surface area contributed by atoms with Gasteiger partial charge in [-0.2, -0.15) is 0 Å². The van der Waals surface area contributed by atoms with Crippen molar-refractivity contribution in [3.8, 4) is 11.3 Å². The number of nitrogens with two attached hydrogens (primary N) is 1. The zero-order valence-corrected chi connectivity index (χ0v) is 29.1. The van der Waals surface area contributed by atoms with Gasteiger partial charge in [0.1, 0.15) is 29.3 Å². The van der Waals surface area contributed by atoms with Gasteiger partial charge in [0.15, 0.2) is 0 Å². The number of hydrogen-bond donors (Lipinski definition) is 1. The molecule has 1 unspecified atom stereocenters. The van der Waals surface area contributed by atoms with Crippen molar-refractivity contribution in [1.82, 2.24) is 24.6 Å². The van der Waals surface area contributed by atoms with E-state index in [0.29, 0.717) is 17.8 Å². The smallest absolute Gasteiger partial charge is 0.149 e. The van der Waals surface area contributed by atoms with E-state index in [-0.39, 0.29) is 23.8 Å². The molecule has 1 saturated carbocycles. The molecular formula is C43H41F2N7. The third kappa shape index (κ3) is 5.84. The molecule has 0 spiro atoms. The van der Waals surface area contributed by atoms with Crippen molar-refractivity contribution in [2.75, 3.05) is 33.2 Å². The lowest BCUT2D eigenvalue weighted by Crippen LogP contribution is -2.58. The van der Waals surface area contributed by atoms with Gasteiger partial charge >= 0.3 is 0 Å². The predicted octanol–water partition coefficient (Wildman–Crippen LogP) is 7.45. The van der Waals surface area contributed by atoms with E-state index in [1.165, 1.54) is 24.3 Å². The third-order valence-corrected chi connectivity index (χ3v) is 11.4. The molecule has 1 atom stereocenters. The van der Waals surface area contributed by atoms with E-state index < -0.39 is 0 Å². The zero-order chi connectivity index (χ0) is 35.3. The lowest BCUT2D eigenvalue weighted by Gasteiger charge is -2.51. The summed E-state index contributed by atoms with van der Waals surface area (Å²) < 4.78 is 27.7. The van der Waals surface area contributed by atoms with Crippen molar-refractivity contribution < 1.29 is 8.78 Å². The average molecular weight is 694 g/mol. The first-order valence-corrected chi connectivity index (χ1v) is 18.1. The Balaban J connectivity index is 0.909. The molecule has 5 aromatic rings. The molecule has 9 heteroatoms. The fourth-order valence-corrected chi connectivity index (χ4v) is 8.76. The molecule has 0 amide bonds. The van der Waals surface area contributed by atoms with E-state index in [0.717, 1.165) is 89.3 Å². The van der Waals surface area contributed by atoms with Gasteiger partial charge < -0.3 is 15.5 Å². The molecule has 4 heterocycles. The van der Waals surface area contributed by atoms with Crippen molar-refractivity contribution in [3.63, 3.8) is 0 Å². The van der Waals surface area contributed by atoms with Gasteiger partial charge in [0, 0.05) is 74.1 Å². The van der Waals surface area contributed by atoms with Crippen LogP contribution in [0.1, 0.15) is 35.6 Å². The first-order valence-electron chi connectivity index (χ1n) is 18.1. The second-order valence-electron chi connectivity index (χ2n) is 14.4. The van der Waals surface area contributed by atoms with Crippen LogP contribution >= 0.6 is 0 Å². The minimum absolute atomic E-state index is 0.0548. The molecule has 4 aliphatic rings. The number of amidine groups is 1. The Morgan fingerprint density at radius 2 is 1.38 bits per heavy atom. The summed E-state index contributed by atoms with van der Waals surface area (Å²) in [5, 5.41) is 1.09. The van der Waals surface area contributed by atoms with Gasteiger partial charge in [0.05, 0.1) is 22.9 Å². The second kappa shape index (κ2) is 13.3. The van der Waals surface area contributed by atoms with Crippen LogP contribution in [0.3, 0.4) is 0 Å². The average Bonchev–Trinajstić information content (AvgIpc) is 3.45. The van der Waals surface area contributed by atoms with Gasteiger partial charge in [-0.15, -0.1) is 0 Å². The normalized spacial score (nSPS) is 22.2. The minimum atomic E-state index is -0.255. The number of halogens is 2. The van der Waals surface area contributed by atoms with Crippen LogP contribution in [0.2, 0.25) is 0 Å². The summed E-state index contributed by atoms with van der Waals surface area (Å²) in [6, 6.07) is 34.9. The minimum Gasteiger partial charge on any atom is -0.382 e. The molecular weight excluding hydrogens is 653 g/mol. The lowest BCUT2D eigenvalue weighted by molar-refractivity contribution is -0.0136. The molecule has 2 N–H and O–H groups in total. The van der Waals surface area contributed by atoms with E-state index in [2.05, 4.69) is 80.3 Å². The molecule has 2 fully saturated rings. The maximum atomic E-state index is 13.8. The Kier molecular flexibility index (Phi) is 8.32. The highest BCUT2D eigenvalue weighted by atomic mass is 19.1. The van der Waals surface area contributed by atoms with Crippen molar-refractivity contribution in [3.05, 3.63) is 156 Å². The number of rotatable bonds is 7. The maximum Gasteiger partial charge on any atom is 0.149 e. The standard InChI is InChI=1S/C43H41F2N7/c1-49-40(32-8-7-29-13-18-37(48-38(29)27-32)28-5-3-2-4-6-28)41-42(46)47-19-20-52(41)43(49)33-25-36(26-33)50-21-23-51(24-22-50)39(30-9-14-34(44)15-10-30)31-11-16-35(45)17-12-31/h2-20,27,33,36,39,43H,21-26H2,1H3,(H2,46,47)/t33-,36+,43?.